The largest absolute Gasteiger partial charge is 0.298 e. The summed E-state index contributed by atoms with van der Waals surface area (Å²) in [6.07, 6.45) is 3.32. The molecule has 0 radical (unpaired) electrons. The molecule has 1 aliphatic carbocycles. The average molecular weight is 323 g/mol. The summed E-state index contributed by atoms with van der Waals surface area (Å²) in [6.45, 7) is 0. The second-order valence-electron chi connectivity index (χ2n) is 4.18. The highest BCUT2D eigenvalue weighted by molar-refractivity contribution is 9.10. The van der Waals surface area contributed by atoms with Crippen LogP contribution in [-0.4, -0.2) is 10.9 Å². The van der Waals surface area contributed by atoms with Crippen LogP contribution in [0.4, 0.5) is 5.13 Å². The van der Waals surface area contributed by atoms with E-state index in [0.29, 0.717) is 10.7 Å². The normalized spacial score (nSPS) is 13.4. The number of aromatic nitrogens is 1. The van der Waals surface area contributed by atoms with E-state index in [9.17, 15) is 4.79 Å². The van der Waals surface area contributed by atoms with E-state index in [0.717, 1.165) is 23.0 Å². The number of carbonyl (C=O) groups is 1. The Hall–Kier alpha value is -1.20. The number of hydrogen-bond acceptors (Lipinski definition) is 3. The van der Waals surface area contributed by atoms with Crippen LogP contribution in [0.15, 0.2) is 28.7 Å². The number of amides is 1. The van der Waals surface area contributed by atoms with Gasteiger partial charge in [-0.15, -0.1) is 11.3 Å². The highest BCUT2D eigenvalue weighted by Gasteiger charge is 2.18. The predicted octanol–water partition coefficient (Wildman–Crippen LogP) is 3.65. The molecule has 3 rings (SSSR count). The van der Waals surface area contributed by atoms with Crippen LogP contribution < -0.4 is 5.32 Å². The fourth-order valence-electron chi connectivity index (χ4n) is 2.05. The predicted molar refractivity (Wildman–Crippen MR) is 76.2 cm³/mol. The smallest absolute Gasteiger partial charge is 0.258 e. The van der Waals surface area contributed by atoms with Crippen LogP contribution in [0.1, 0.15) is 27.3 Å². The van der Waals surface area contributed by atoms with E-state index in [2.05, 4.69) is 26.2 Å². The fraction of sp³-hybridized carbons (Fsp3) is 0.231. The van der Waals surface area contributed by atoms with Gasteiger partial charge < -0.3 is 0 Å². The van der Waals surface area contributed by atoms with Crippen LogP contribution in [0.25, 0.3) is 0 Å². The Morgan fingerprint density at radius 3 is 2.94 bits per heavy atom. The van der Waals surface area contributed by atoms with Gasteiger partial charge in [-0.3, -0.25) is 10.1 Å². The average Bonchev–Trinajstić information content (AvgIpc) is 2.90. The Morgan fingerprint density at radius 2 is 2.17 bits per heavy atom. The maximum Gasteiger partial charge on any atom is 0.258 e. The van der Waals surface area contributed by atoms with Gasteiger partial charge in [0.15, 0.2) is 5.13 Å². The van der Waals surface area contributed by atoms with Gasteiger partial charge in [0.1, 0.15) is 0 Å². The number of carbonyl (C=O) groups excluding carboxylic acids is 1. The van der Waals surface area contributed by atoms with Crippen molar-refractivity contribution < 1.29 is 4.79 Å². The molecule has 0 unspecified atom stereocenters. The molecule has 0 fully saturated rings. The molecule has 0 bridgehead atoms. The number of aryl methyl sites for hydroxylation is 2. The lowest BCUT2D eigenvalue weighted by Crippen LogP contribution is -2.12. The van der Waals surface area contributed by atoms with Crippen molar-refractivity contribution in [2.75, 3.05) is 5.32 Å². The van der Waals surface area contributed by atoms with Crippen LogP contribution in [-0.2, 0) is 12.8 Å². The summed E-state index contributed by atoms with van der Waals surface area (Å²) in [4.78, 5) is 17.9. The molecule has 1 aromatic carbocycles. The Bertz CT molecular complexity index is 587. The molecule has 0 aliphatic heterocycles. The Labute approximate surface area is 117 Å². The second kappa shape index (κ2) is 4.82. The number of fused-ring (bicyclic) bond motifs is 1. The summed E-state index contributed by atoms with van der Waals surface area (Å²) >= 11 is 4.97. The number of rotatable bonds is 2. The SMILES string of the molecule is O=C(Nc1nc2c(s1)CCC2)c1ccccc1Br. The third kappa shape index (κ3) is 2.20. The summed E-state index contributed by atoms with van der Waals surface area (Å²) < 4.78 is 0.798. The summed E-state index contributed by atoms with van der Waals surface area (Å²) in [6, 6.07) is 7.39. The molecular weight excluding hydrogens is 312 g/mol. The van der Waals surface area contributed by atoms with Crippen molar-refractivity contribution in [1.82, 2.24) is 4.98 Å². The highest BCUT2D eigenvalue weighted by atomic mass is 79.9. The lowest BCUT2D eigenvalue weighted by molar-refractivity contribution is 0.102. The summed E-state index contributed by atoms with van der Waals surface area (Å²) in [5.41, 5.74) is 1.79. The summed E-state index contributed by atoms with van der Waals surface area (Å²) in [5.74, 6) is -0.116. The molecule has 1 heterocycles. The molecule has 1 amide bonds. The van der Waals surface area contributed by atoms with Crippen molar-refractivity contribution in [3.05, 3.63) is 44.9 Å². The number of nitrogens with one attached hydrogen (secondary N) is 1. The van der Waals surface area contributed by atoms with E-state index in [1.54, 1.807) is 17.4 Å². The standard InChI is InChI=1S/C13H11BrN2OS/c14-9-5-2-1-4-8(9)12(17)16-13-15-10-6-3-7-11(10)18-13/h1-2,4-5H,3,6-7H2,(H,15,16,17). The van der Waals surface area contributed by atoms with E-state index < -0.39 is 0 Å². The lowest BCUT2D eigenvalue weighted by atomic mass is 10.2. The summed E-state index contributed by atoms with van der Waals surface area (Å²) in [5, 5.41) is 3.58. The van der Waals surface area contributed by atoms with Gasteiger partial charge in [-0.25, -0.2) is 4.98 Å². The first-order chi connectivity index (χ1) is 8.74. The molecule has 1 aromatic heterocycles. The monoisotopic (exact) mass is 322 g/mol. The third-order valence-corrected chi connectivity index (χ3v) is 4.70. The molecule has 0 saturated carbocycles. The second-order valence-corrected chi connectivity index (χ2v) is 6.11. The van der Waals surface area contributed by atoms with Crippen molar-refractivity contribution in [1.29, 1.82) is 0 Å². The number of nitrogens with zero attached hydrogens (tertiary/aromatic N) is 1. The van der Waals surface area contributed by atoms with Crippen molar-refractivity contribution in [3.63, 3.8) is 0 Å². The van der Waals surface area contributed by atoms with E-state index in [4.69, 9.17) is 0 Å². The van der Waals surface area contributed by atoms with E-state index in [-0.39, 0.29) is 5.91 Å². The van der Waals surface area contributed by atoms with Crippen LogP contribution in [0.5, 0.6) is 0 Å². The number of anilines is 1. The Kier molecular flexibility index (Phi) is 3.18. The molecule has 18 heavy (non-hydrogen) atoms. The van der Waals surface area contributed by atoms with Crippen molar-refractivity contribution >= 4 is 38.3 Å². The number of benzene rings is 1. The maximum atomic E-state index is 12.1. The van der Waals surface area contributed by atoms with E-state index in [1.165, 1.54) is 11.3 Å². The number of halogens is 1. The molecule has 1 aliphatic rings. The topological polar surface area (TPSA) is 42.0 Å². The van der Waals surface area contributed by atoms with Gasteiger partial charge in [0.05, 0.1) is 11.3 Å². The first-order valence-corrected chi connectivity index (χ1v) is 7.39. The molecule has 0 atom stereocenters. The van der Waals surface area contributed by atoms with Gasteiger partial charge >= 0.3 is 0 Å². The quantitative estimate of drug-likeness (QED) is 0.917. The zero-order chi connectivity index (χ0) is 12.5. The van der Waals surface area contributed by atoms with E-state index in [1.807, 2.05) is 18.2 Å². The van der Waals surface area contributed by atoms with Gasteiger partial charge in [0.2, 0.25) is 0 Å². The molecule has 3 nitrogen and oxygen atoms in total. The molecule has 0 spiro atoms. The summed E-state index contributed by atoms with van der Waals surface area (Å²) in [7, 11) is 0. The first kappa shape index (κ1) is 11.9. The number of hydrogen-bond donors (Lipinski definition) is 1. The van der Waals surface area contributed by atoms with Crippen LogP contribution >= 0.6 is 27.3 Å². The van der Waals surface area contributed by atoms with Gasteiger partial charge in [0, 0.05) is 9.35 Å². The van der Waals surface area contributed by atoms with Crippen LogP contribution in [0, 0.1) is 0 Å². The minimum absolute atomic E-state index is 0.116. The molecular formula is C13H11BrN2OS. The highest BCUT2D eigenvalue weighted by Crippen LogP contribution is 2.30. The van der Waals surface area contributed by atoms with Gasteiger partial charge in [-0.2, -0.15) is 0 Å². The van der Waals surface area contributed by atoms with Crippen molar-refractivity contribution in [2.45, 2.75) is 19.3 Å². The van der Waals surface area contributed by atoms with Crippen molar-refractivity contribution in [2.24, 2.45) is 0 Å². The first-order valence-electron chi connectivity index (χ1n) is 5.78. The van der Waals surface area contributed by atoms with Crippen LogP contribution in [0.2, 0.25) is 0 Å². The third-order valence-electron chi connectivity index (χ3n) is 2.93. The molecule has 1 N–H and O–H groups in total. The Balaban J connectivity index is 1.80. The Morgan fingerprint density at radius 1 is 1.33 bits per heavy atom. The number of thiazole rings is 1. The molecule has 2 aromatic rings. The minimum Gasteiger partial charge on any atom is -0.298 e. The van der Waals surface area contributed by atoms with Gasteiger partial charge in [0.25, 0.3) is 5.91 Å². The molecule has 0 saturated heterocycles. The van der Waals surface area contributed by atoms with E-state index >= 15 is 0 Å². The lowest BCUT2D eigenvalue weighted by Gasteiger charge is -2.03. The fourth-order valence-corrected chi connectivity index (χ4v) is 3.56. The zero-order valence-corrected chi connectivity index (χ0v) is 12.0. The zero-order valence-electron chi connectivity index (χ0n) is 9.57. The molecule has 5 heteroatoms. The maximum absolute atomic E-state index is 12.1. The minimum atomic E-state index is -0.116. The van der Waals surface area contributed by atoms with Crippen molar-refractivity contribution in [3.8, 4) is 0 Å². The van der Waals surface area contributed by atoms with Crippen LogP contribution in [0.3, 0.4) is 0 Å². The molecule has 92 valence electrons. The van der Waals surface area contributed by atoms with Gasteiger partial charge in [-0.05, 0) is 47.3 Å². The van der Waals surface area contributed by atoms with Gasteiger partial charge in [-0.1, -0.05) is 12.1 Å².